The molecule has 3 aromatic rings. The number of ketones is 2. The number of carbonyl (C=O) groups excluding carboxylic acids is 2. The van der Waals surface area contributed by atoms with E-state index >= 15 is 0 Å². The summed E-state index contributed by atoms with van der Waals surface area (Å²) in [5, 5.41) is 38.8. The monoisotopic (exact) mass is 406 g/mol. The van der Waals surface area contributed by atoms with Gasteiger partial charge in [-0.1, -0.05) is 12.1 Å². The summed E-state index contributed by atoms with van der Waals surface area (Å²) in [6, 6.07) is 13.9. The number of phenolic OH excluding ortho intramolecular Hbond substituents is 4. The van der Waals surface area contributed by atoms with Gasteiger partial charge >= 0.3 is 0 Å². The van der Waals surface area contributed by atoms with Gasteiger partial charge in [-0.15, -0.1) is 0 Å². The van der Waals surface area contributed by atoms with Crippen molar-refractivity contribution in [2.75, 3.05) is 0 Å². The second-order valence-electron chi connectivity index (χ2n) is 7.11. The molecule has 1 heterocycles. The molecule has 2 atom stereocenters. The second kappa shape index (κ2) is 7.44. The zero-order valence-electron chi connectivity index (χ0n) is 15.6. The van der Waals surface area contributed by atoms with Crippen molar-refractivity contribution < 1.29 is 34.8 Å². The Hall–Kier alpha value is -4.00. The zero-order chi connectivity index (χ0) is 21.4. The van der Waals surface area contributed by atoms with Gasteiger partial charge in [-0.05, 0) is 42.0 Å². The quantitative estimate of drug-likeness (QED) is 0.487. The predicted octanol–water partition coefficient (Wildman–Crippen LogP) is 3.71. The van der Waals surface area contributed by atoms with Gasteiger partial charge in [0.1, 0.15) is 34.9 Å². The van der Waals surface area contributed by atoms with Crippen molar-refractivity contribution in [2.24, 2.45) is 5.92 Å². The van der Waals surface area contributed by atoms with Gasteiger partial charge in [0.15, 0.2) is 11.6 Å². The largest absolute Gasteiger partial charge is 0.508 e. The Bertz CT molecular complexity index is 1130. The molecule has 0 bridgehead atoms. The lowest BCUT2D eigenvalue weighted by atomic mass is 9.81. The first-order valence-electron chi connectivity index (χ1n) is 9.21. The van der Waals surface area contributed by atoms with Gasteiger partial charge in [0.2, 0.25) is 0 Å². The van der Waals surface area contributed by atoms with E-state index in [0.717, 1.165) is 6.07 Å². The molecule has 0 aromatic heterocycles. The molecule has 30 heavy (non-hydrogen) atoms. The lowest BCUT2D eigenvalue weighted by Crippen LogP contribution is -2.33. The van der Waals surface area contributed by atoms with E-state index in [1.807, 2.05) is 0 Å². The molecule has 0 spiro atoms. The van der Waals surface area contributed by atoms with Crippen molar-refractivity contribution in [3.05, 3.63) is 77.4 Å². The Morgan fingerprint density at radius 3 is 2.17 bits per heavy atom. The summed E-state index contributed by atoms with van der Waals surface area (Å²) in [6.07, 6.45) is -1.08. The number of rotatable bonds is 4. The highest BCUT2D eigenvalue weighted by Gasteiger charge is 2.40. The SMILES string of the molecule is O=C(C[C@@H]1C(=O)c2ccc(O)cc2O[C@H]1c1ccc(O)cc1)c1ccc(O)cc1O. The maximum atomic E-state index is 13.2. The van der Waals surface area contributed by atoms with Gasteiger partial charge in [0.25, 0.3) is 0 Å². The van der Waals surface area contributed by atoms with Crippen LogP contribution in [-0.4, -0.2) is 32.0 Å². The fourth-order valence-electron chi connectivity index (χ4n) is 3.60. The average Bonchev–Trinajstić information content (AvgIpc) is 2.70. The summed E-state index contributed by atoms with van der Waals surface area (Å²) >= 11 is 0. The molecule has 0 unspecified atom stereocenters. The summed E-state index contributed by atoms with van der Waals surface area (Å²) in [6.45, 7) is 0. The molecule has 0 fully saturated rings. The van der Waals surface area contributed by atoms with Crippen LogP contribution in [0.3, 0.4) is 0 Å². The lowest BCUT2D eigenvalue weighted by Gasteiger charge is -2.32. The molecule has 0 saturated carbocycles. The number of ether oxygens (including phenoxy) is 1. The summed E-state index contributed by atoms with van der Waals surface area (Å²) in [5.74, 6) is -2.09. The second-order valence-corrected chi connectivity index (χ2v) is 7.11. The first-order valence-corrected chi connectivity index (χ1v) is 9.21. The van der Waals surface area contributed by atoms with Crippen LogP contribution in [0.4, 0.5) is 0 Å². The van der Waals surface area contributed by atoms with Gasteiger partial charge in [-0.2, -0.15) is 0 Å². The van der Waals surface area contributed by atoms with E-state index in [9.17, 15) is 30.0 Å². The van der Waals surface area contributed by atoms with Crippen LogP contribution in [0, 0.1) is 5.92 Å². The molecular weight excluding hydrogens is 388 g/mol. The van der Waals surface area contributed by atoms with Crippen molar-refractivity contribution >= 4 is 11.6 Å². The van der Waals surface area contributed by atoms with Gasteiger partial charge in [0.05, 0.1) is 17.0 Å². The summed E-state index contributed by atoms with van der Waals surface area (Å²) in [5.41, 5.74) is 0.806. The maximum Gasteiger partial charge on any atom is 0.174 e. The molecule has 3 aromatic carbocycles. The molecule has 152 valence electrons. The molecule has 0 saturated heterocycles. The third-order valence-electron chi connectivity index (χ3n) is 5.10. The van der Waals surface area contributed by atoms with Crippen LogP contribution in [0.15, 0.2) is 60.7 Å². The molecule has 4 N–H and O–H groups in total. The number of benzene rings is 3. The van der Waals surface area contributed by atoms with Crippen molar-refractivity contribution in [1.82, 2.24) is 0 Å². The maximum absolute atomic E-state index is 13.2. The van der Waals surface area contributed by atoms with E-state index in [0.29, 0.717) is 5.56 Å². The zero-order valence-corrected chi connectivity index (χ0v) is 15.6. The van der Waals surface area contributed by atoms with Crippen LogP contribution >= 0.6 is 0 Å². The molecule has 7 heteroatoms. The Morgan fingerprint density at radius 2 is 1.47 bits per heavy atom. The predicted molar refractivity (Wildman–Crippen MR) is 106 cm³/mol. The van der Waals surface area contributed by atoms with E-state index in [-0.39, 0.29) is 52.1 Å². The van der Waals surface area contributed by atoms with Crippen LogP contribution in [0.2, 0.25) is 0 Å². The number of Topliss-reactive ketones (excluding diaryl/α,β-unsaturated/α-hetero) is 2. The van der Waals surface area contributed by atoms with Crippen molar-refractivity contribution in [3.8, 4) is 28.7 Å². The summed E-state index contributed by atoms with van der Waals surface area (Å²) in [7, 11) is 0. The fourth-order valence-corrected chi connectivity index (χ4v) is 3.60. The minimum Gasteiger partial charge on any atom is -0.508 e. The Morgan fingerprint density at radius 1 is 0.833 bits per heavy atom. The average molecular weight is 406 g/mol. The number of fused-ring (bicyclic) bond motifs is 1. The highest BCUT2D eigenvalue weighted by atomic mass is 16.5. The fraction of sp³-hybridized carbons (Fsp3) is 0.130. The minimum absolute atomic E-state index is 0.0124. The van der Waals surface area contributed by atoms with Crippen LogP contribution < -0.4 is 4.74 Å². The third kappa shape index (κ3) is 3.53. The van der Waals surface area contributed by atoms with E-state index < -0.39 is 17.8 Å². The molecule has 7 nitrogen and oxygen atoms in total. The van der Waals surface area contributed by atoms with Crippen molar-refractivity contribution in [2.45, 2.75) is 12.5 Å². The van der Waals surface area contributed by atoms with E-state index in [1.54, 1.807) is 12.1 Å². The highest BCUT2D eigenvalue weighted by molar-refractivity contribution is 6.06. The Kier molecular flexibility index (Phi) is 4.79. The Balaban J connectivity index is 1.73. The number of aromatic hydroxyl groups is 4. The molecular formula is C23H18O7. The van der Waals surface area contributed by atoms with Crippen LogP contribution in [-0.2, 0) is 0 Å². The van der Waals surface area contributed by atoms with E-state index in [2.05, 4.69) is 0 Å². The lowest BCUT2D eigenvalue weighted by molar-refractivity contribution is 0.0598. The standard InChI is InChI=1S/C23H18O7/c24-13-3-1-12(2-4-13)23-18(11-20(28)16-7-5-14(25)9-19(16)27)22(29)17-8-6-15(26)10-21(17)30-23/h1-10,18,23-27H,11H2/t18-,23+/m1/s1. The summed E-state index contributed by atoms with van der Waals surface area (Å²) < 4.78 is 5.99. The van der Waals surface area contributed by atoms with Crippen molar-refractivity contribution in [1.29, 1.82) is 0 Å². The number of hydrogen-bond donors (Lipinski definition) is 4. The van der Waals surface area contributed by atoms with Crippen molar-refractivity contribution in [3.63, 3.8) is 0 Å². The molecule has 0 amide bonds. The first-order chi connectivity index (χ1) is 14.3. The number of phenols is 4. The molecule has 4 rings (SSSR count). The first kappa shape index (κ1) is 19.3. The smallest absolute Gasteiger partial charge is 0.174 e. The van der Waals surface area contributed by atoms with Gasteiger partial charge in [-0.3, -0.25) is 9.59 Å². The van der Waals surface area contributed by atoms with Crippen LogP contribution in [0.1, 0.15) is 38.8 Å². The number of carbonyl (C=O) groups is 2. The van der Waals surface area contributed by atoms with Gasteiger partial charge in [-0.25, -0.2) is 0 Å². The number of hydrogen-bond acceptors (Lipinski definition) is 7. The minimum atomic E-state index is -0.896. The van der Waals surface area contributed by atoms with Crippen LogP contribution in [0.25, 0.3) is 0 Å². The van der Waals surface area contributed by atoms with E-state index in [4.69, 9.17) is 4.74 Å². The molecule has 1 aliphatic rings. The molecule has 0 aliphatic carbocycles. The van der Waals surface area contributed by atoms with Gasteiger partial charge < -0.3 is 25.2 Å². The third-order valence-corrected chi connectivity index (χ3v) is 5.10. The molecule has 1 aliphatic heterocycles. The highest BCUT2D eigenvalue weighted by Crippen LogP contribution is 2.42. The van der Waals surface area contributed by atoms with E-state index in [1.165, 1.54) is 42.5 Å². The van der Waals surface area contributed by atoms with Crippen LogP contribution in [0.5, 0.6) is 28.7 Å². The normalized spacial score (nSPS) is 17.8. The summed E-state index contributed by atoms with van der Waals surface area (Å²) in [4.78, 5) is 26.1. The Labute approximate surface area is 171 Å². The topological polar surface area (TPSA) is 124 Å². The molecule has 0 radical (unpaired) electrons. The van der Waals surface area contributed by atoms with Gasteiger partial charge in [0, 0.05) is 18.6 Å².